The Morgan fingerprint density at radius 3 is 3.00 bits per heavy atom. The van der Waals surface area contributed by atoms with Gasteiger partial charge in [-0.3, -0.25) is 4.79 Å². The van der Waals surface area contributed by atoms with E-state index in [2.05, 4.69) is 5.32 Å². The van der Waals surface area contributed by atoms with Crippen LogP contribution in [0.5, 0.6) is 0 Å². The van der Waals surface area contributed by atoms with Crippen molar-refractivity contribution in [2.75, 3.05) is 18.9 Å². The third-order valence-electron chi connectivity index (χ3n) is 2.78. The first-order chi connectivity index (χ1) is 7.59. The molecule has 86 valence electrons. The lowest BCUT2D eigenvalue weighted by atomic mass is 10.0. The maximum atomic E-state index is 11.9. The van der Waals surface area contributed by atoms with E-state index in [9.17, 15) is 4.79 Å². The lowest BCUT2D eigenvalue weighted by Crippen LogP contribution is -2.46. The van der Waals surface area contributed by atoms with Crippen molar-refractivity contribution in [3.8, 4) is 0 Å². The third-order valence-corrected chi connectivity index (χ3v) is 2.78. The maximum Gasteiger partial charge on any atom is 0.251 e. The second kappa shape index (κ2) is 4.14. The predicted molar refractivity (Wildman–Crippen MR) is 62.2 cm³/mol. The molecular formula is C12H16N2O2. The number of benzene rings is 1. The summed E-state index contributed by atoms with van der Waals surface area (Å²) in [6.45, 7) is 3.26. The summed E-state index contributed by atoms with van der Waals surface area (Å²) in [5.74, 6) is -0.0969. The first-order valence-corrected chi connectivity index (χ1v) is 5.35. The van der Waals surface area contributed by atoms with Crippen LogP contribution in [0.3, 0.4) is 0 Å². The van der Waals surface area contributed by atoms with Gasteiger partial charge in [-0.25, -0.2) is 0 Å². The van der Waals surface area contributed by atoms with E-state index in [0.717, 1.165) is 6.42 Å². The Morgan fingerprint density at radius 2 is 2.38 bits per heavy atom. The van der Waals surface area contributed by atoms with Gasteiger partial charge < -0.3 is 15.8 Å². The quantitative estimate of drug-likeness (QED) is 0.735. The van der Waals surface area contributed by atoms with E-state index in [0.29, 0.717) is 24.5 Å². The minimum Gasteiger partial charge on any atom is -0.399 e. The van der Waals surface area contributed by atoms with Crippen LogP contribution < -0.4 is 11.1 Å². The Hall–Kier alpha value is -1.55. The molecule has 1 amide bonds. The first-order valence-electron chi connectivity index (χ1n) is 5.35. The molecule has 16 heavy (non-hydrogen) atoms. The lowest BCUT2D eigenvalue weighted by Gasteiger charge is -2.23. The molecule has 0 saturated carbocycles. The number of nitrogen functional groups attached to an aromatic ring is 1. The molecule has 2 rings (SSSR count). The number of hydrogen-bond acceptors (Lipinski definition) is 3. The summed E-state index contributed by atoms with van der Waals surface area (Å²) in [6, 6.07) is 6.97. The molecule has 1 heterocycles. The summed E-state index contributed by atoms with van der Waals surface area (Å²) in [5.41, 5.74) is 6.57. The number of anilines is 1. The van der Waals surface area contributed by atoms with Crippen molar-refractivity contribution in [1.82, 2.24) is 5.32 Å². The van der Waals surface area contributed by atoms with Gasteiger partial charge in [0.05, 0.1) is 12.1 Å². The molecule has 0 aliphatic carbocycles. The highest BCUT2D eigenvalue weighted by Crippen LogP contribution is 2.18. The molecule has 0 bridgehead atoms. The van der Waals surface area contributed by atoms with Crippen molar-refractivity contribution in [3.05, 3.63) is 29.8 Å². The van der Waals surface area contributed by atoms with Crippen LogP contribution in [0, 0.1) is 0 Å². The summed E-state index contributed by atoms with van der Waals surface area (Å²) in [4.78, 5) is 11.9. The van der Waals surface area contributed by atoms with E-state index in [4.69, 9.17) is 10.5 Å². The zero-order valence-corrected chi connectivity index (χ0v) is 9.32. The van der Waals surface area contributed by atoms with Gasteiger partial charge in [0, 0.05) is 17.9 Å². The molecule has 3 N–H and O–H groups in total. The van der Waals surface area contributed by atoms with Gasteiger partial charge >= 0.3 is 0 Å². The van der Waals surface area contributed by atoms with Gasteiger partial charge in [0.2, 0.25) is 0 Å². The van der Waals surface area contributed by atoms with Crippen molar-refractivity contribution < 1.29 is 9.53 Å². The second-order valence-corrected chi connectivity index (χ2v) is 4.44. The largest absolute Gasteiger partial charge is 0.399 e. The van der Waals surface area contributed by atoms with Gasteiger partial charge in [0.25, 0.3) is 5.91 Å². The van der Waals surface area contributed by atoms with Crippen LogP contribution in [0.2, 0.25) is 0 Å². The molecular weight excluding hydrogens is 204 g/mol. The predicted octanol–water partition coefficient (Wildman–Crippen LogP) is 1.18. The molecule has 4 nitrogen and oxygen atoms in total. The van der Waals surface area contributed by atoms with Crippen LogP contribution in [0.25, 0.3) is 0 Å². The zero-order chi connectivity index (χ0) is 11.6. The molecule has 1 aliphatic heterocycles. The summed E-state index contributed by atoms with van der Waals surface area (Å²) in [6.07, 6.45) is 0.848. The zero-order valence-electron chi connectivity index (χ0n) is 9.32. The van der Waals surface area contributed by atoms with Crippen LogP contribution >= 0.6 is 0 Å². The van der Waals surface area contributed by atoms with Gasteiger partial charge in [0.1, 0.15) is 0 Å². The minimum absolute atomic E-state index is 0.0969. The second-order valence-electron chi connectivity index (χ2n) is 4.44. The summed E-state index contributed by atoms with van der Waals surface area (Å²) < 4.78 is 5.28. The van der Waals surface area contributed by atoms with Gasteiger partial charge in [-0.15, -0.1) is 0 Å². The molecule has 1 aliphatic rings. The van der Waals surface area contributed by atoms with Crippen LogP contribution in [-0.4, -0.2) is 24.7 Å². The number of carbonyl (C=O) groups is 1. The van der Waals surface area contributed by atoms with E-state index in [1.54, 1.807) is 24.3 Å². The molecule has 1 aromatic carbocycles. The van der Waals surface area contributed by atoms with Gasteiger partial charge in [-0.1, -0.05) is 6.07 Å². The van der Waals surface area contributed by atoms with Crippen molar-refractivity contribution in [2.24, 2.45) is 0 Å². The van der Waals surface area contributed by atoms with E-state index >= 15 is 0 Å². The Morgan fingerprint density at radius 1 is 1.56 bits per heavy atom. The van der Waals surface area contributed by atoms with E-state index in [1.165, 1.54) is 0 Å². The van der Waals surface area contributed by atoms with E-state index in [-0.39, 0.29) is 11.4 Å². The third kappa shape index (κ3) is 2.33. The van der Waals surface area contributed by atoms with E-state index in [1.807, 2.05) is 6.92 Å². The van der Waals surface area contributed by atoms with Crippen LogP contribution in [0.1, 0.15) is 23.7 Å². The van der Waals surface area contributed by atoms with Gasteiger partial charge in [0.15, 0.2) is 0 Å². The summed E-state index contributed by atoms with van der Waals surface area (Å²) in [7, 11) is 0. The molecule has 4 heteroatoms. The molecule has 0 aromatic heterocycles. The number of nitrogens with one attached hydrogen (secondary N) is 1. The number of amides is 1. The van der Waals surface area contributed by atoms with Gasteiger partial charge in [-0.2, -0.15) is 0 Å². The number of carbonyl (C=O) groups excluding carboxylic acids is 1. The average molecular weight is 220 g/mol. The fourth-order valence-electron chi connectivity index (χ4n) is 1.79. The molecule has 0 radical (unpaired) electrons. The molecule has 1 unspecified atom stereocenters. The number of nitrogens with two attached hydrogens (primary N) is 1. The fraction of sp³-hybridized carbons (Fsp3) is 0.417. The molecule has 1 aromatic rings. The summed E-state index contributed by atoms with van der Waals surface area (Å²) in [5, 5.41) is 2.98. The maximum absolute atomic E-state index is 11.9. The van der Waals surface area contributed by atoms with Crippen LogP contribution in [0.15, 0.2) is 24.3 Å². The smallest absolute Gasteiger partial charge is 0.251 e. The normalized spacial score (nSPS) is 24.3. The van der Waals surface area contributed by atoms with Crippen molar-refractivity contribution in [2.45, 2.75) is 18.9 Å². The number of hydrogen-bond donors (Lipinski definition) is 2. The summed E-state index contributed by atoms with van der Waals surface area (Å²) >= 11 is 0. The highest BCUT2D eigenvalue weighted by Gasteiger charge is 2.31. The Bertz CT molecular complexity index is 398. The molecule has 1 fully saturated rings. The van der Waals surface area contributed by atoms with E-state index < -0.39 is 0 Å². The molecule has 0 spiro atoms. The van der Waals surface area contributed by atoms with Crippen molar-refractivity contribution in [1.29, 1.82) is 0 Å². The van der Waals surface area contributed by atoms with Crippen LogP contribution in [-0.2, 0) is 4.74 Å². The first kappa shape index (κ1) is 11.0. The Kier molecular flexibility index (Phi) is 2.83. The number of rotatable bonds is 2. The SMILES string of the molecule is CC1(NC(=O)c2cccc(N)c2)CCOC1. The number of ether oxygens (including phenoxy) is 1. The highest BCUT2D eigenvalue weighted by atomic mass is 16.5. The topological polar surface area (TPSA) is 64.4 Å². The monoisotopic (exact) mass is 220 g/mol. The molecule has 1 atom stereocenters. The van der Waals surface area contributed by atoms with Crippen molar-refractivity contribution >= 4 is 11.6 Å². The minimum atomic E-state index is -0.248. The lowest BCUT2D eigenvalue weighted by molar-refractivity contribution is 0.0890. The van der Waals surface area contributed by atoms with Crippen LogP contribution in [0.4, 0.5) is 5.69 Å². The van der Waals surface area contributed by atoms with Crippen molar-refractivity contribution in [3.63, 3.8) is 0 Å². The fourth-order valence-corrected chi connectivity index (χ4v) is 1.79. The Balaban J connectivity index is 2.08. The standard InChI is InChI=1S/C12H16N2O2/c1-12(5-6-16-8-12)14-11(15)9-3-2-4-10(13)7-9/h2-4,7H,5-6,8,13H2,1H3,(H,14,15). The average Bonchev–Trinajstić information content (AvgIpc) is 2.65. The Labute approximate surface area is 94.8 Å². The van der Waals surface area contributed by atoms with Gasteiger partial charge in [-0.05, 0) is 31.5 Å². The molecule has 1 saturated heterocycles. The highest BCUT2D eigenvalue weighted by molar-refractivity contribution is 5.95.